The van der Waals surface area contributed by atoms with E-state index in [9.17, 15) is 13.2 Å². The molecular weight excluding hydrogens is 347 g/mol. The predicted molar refractivity (Wildman–Crippen MR) is 92.6 cm³/mol. The Kier molecular flexibility index (Phi) is 5.46. The van der Waals surface area contributed by atoms with Gasteiger partial charge < -0.3 is 21.1 Å². The zero-order chi connectivity index (χ0) is 18.6. The van der Waals surface area contributed by atoms with Crippen LogP contribution in [0.4, 0.5) is 30.6 Å². The molecule has 1 aromatic carbocycles. The van der Waals surface area contributed by atoms with Gasteiger partial charge in [-0.15, -0.1) is 13.2 Å². The molecule has 4 N–H and O–H groups in total. The van der Waals surface area contributed by atoms with Crippen molar-refractivity contribution in [3.05, 3.63) is 36.0 Å². The molecule has 0 amide bonds. The number of rotatable bonds is 8. The van der Waals surface area contributed by atoms with Gasteiger partial charge in [-0.05, 0) is 43.9 Å². The van der Waals surface area contributed by atoms with Crippen molar-refractivity contribution in [2.75, 3.05) is 23.7 Å². The number of halogens is 3. The van der Waals surface area contributed by atoms with Gasteiger partial charge in [0.2, 0.25) is 5.95 Å². The molecule has 9 heteroatoms. The number of hydrogen-bond donors (Lipinski definition) is 3. The molecule has 1 aliphatic carbocycles. The average Bonchev–Trinajstić information content (AvgIpc) is 3.39. The average molecular weight is 367 g/mol. The number of alkyl halides is 3. The van der Waals surface area contributed by atoms with Crippen LogP contribution >= 0.6 is 0 Å². The van der Waals surface area contributed by atoms with Gasteiger partial charge in [-0.1, -0.05) is 6.07 Å². The Morgan fingerprint density at radius 3 is 2.77 bits per heavy atom. The summed E-state index contributed by atoms with van der Waals surface area (Å²) in [6.07, 6.45) is 0.0553. The lowest BCUT2D eigenvalue weighted by Gasteiger charge is -2.13. The SMILES string of the molecule is NCCCNc1nc(Nc2cccc(OC(F)(F)F)c2)ncc1C1CC1. The third kappa shape index (κ3) is 5.22. The second-order valence-electron chi connectivity index (χ2n) is 6.04. The predicted octanol–water partition coefficient (Wildman–Crippen LogP) is 3.76. The van der Waals surface area contributed by atoms with Crippen molar-refractivity contribution in [2.45, 2.75) is 31.5 Å². The van der Waals surface area contributed by atoms with Gasteiger partial charge in [0.25, 0.3) is 0 Å². The van der Waals surface area contributed by atoms with E-state index in [1.807, 2.05) is 0 Å². The Labute approximate surface area is 149 Å². The van der Waals surface area contributed by atoms with E-state index in [0.717, 1.165) is 30.6 Å². The van der Waals surface area contributed by atoms with E-state index in [4.69, 9.17) is 5.73 Å². The van der Waals surface area contributed by atoms with Gasteiger partial charge in [0.1, 0.15) is 11.6 Å². The fourth-order valence-corrected chi connectivity index (χ4v) is 2.49. The molecule has 0 bridgehead atoms. The van der Waals surface area contributed by atoms with Crippen molar-refractivity contribution in [1.82, 2.24) is 9.97 Å². The summed E-state index contributed by atoms with van der Waals surface area (Å²) in [7, 11) is 0. The molecule has 1 aliphatic rings. The first-order valence-corrected chi connectivity index (χ1v) is 8.38. The van der Waals surface area contributed by atoms with Gasteiger partial charge in [0, 0.05) is 30.1 Å². The zero-order valence-electron chi connectivity index (χ0n) is 14.0. The molecule has 1 fully saturated rings. The van der Waals surface area contributed by atoms with Gasteiger partial charge in [-0.2, -0.15) is 4.98 Å². The quantitative estimate of drug-likeness (QED) is 0.616. The summed E-state index contributed by atoms with van der Waals surface area (Å²) < 4.78 is 40.9. The Bertz CT molecular complexity index is 749. The fraction of sp³-hybridized carbons (Fsp3) is 0.412. The molecule has 1 heterocycles. The lowest BCUT2D eigenvalue weighted by Crippen LogP contribution is -2.17. The normalized spacial score (nSPS) is 14.2. The number of nitrogens with two attached hydrogens (primary N) is 1. The van der Waals surface area contributed by atoms with Gasteiger partial charge in [-0.25, -0.2) is 4.98 Å². The second kappa shape index (κ2) is 7.77. The first-order chi connectivity index (χ1) is 12.4. The van der Waals surface area contributed by atoms with Gasteiger partial charge >= 0.3 is 6.36 Å². The molecule has 6 nitrogen and oxygen atoms in total. The van der Waals surface area contributed by atoms with E-state index in [-0.39, 0.29) is 5.75 Å². The minimum absolute atomic E-state index is 0.300. The maximum Gasteiger partial charge on any atom is 0.573 e. The molecule has 0 spiro atoms. The largest absolute Gasteiger partial charge is 0.573 e. The van der Waals surface area contributed by atoms with E-state index in [0.29, 0.717) is 30.6 Å². The van der Waals surface area contributed by atoms with Crippen molar-refractivity contribution in [2.24, 2.45) is 5.73 Å². The maximum atomic E-state index is 12.3. The summed E-state index contributed by atoms with van der Waals surface area (Å²) in [5, 5.41) is 6.17. The molecule has 0 atom stereocenters. The summed E-state index contributed by atoms with van der Waals surface area (Å²) in [5.41, 5.74) is 6.97. The van der Waals surface area contributed by atoms with Gasteiger partial charge in [-0.3, -0.25) is 0 Å². The third-order valence-corrected chi connectivity index (χ3v) is 3.83. The minimum atomic E-state index is -4.74. The standard InChI is InChI=1S/C17H20F3N5O/c18-17(19,20)26-13-4-1-3-12(9-13)24-16-23-10-14(11-5-6-11)15(25-16)22-8-2-7-21/h1,3-4,9-11H,2,5-8,21H2,(H2,22,23,24,25). The van der Waals surface area contributed by atoms with Gasteiger partial charge in [0.15, 0.2) is 0 Å². The molecule has 2 aromatic rings. The van der Waals surface area contributed by atoms with E-state index >= 15 is 0 Å². The van der Waals surface area contributed by atoms with E-state index in [1.165, 1.54) is 18.2 Å². The monoisotopic (exact) mass is 367 g/mol. The number of benzene rings is 1. The van der Waals surface area contributed by atoms with Gasteiger partial charge in [0.05, 0.1) is 0 Å². The fourth-order valence-electron chi connectivity index (χ4n) is 2.49. The molecule has 0 unspecified atom stereocenters. The molecule has 26 heavy (non-hydrogen) atoms. The Morgan fingerprint density at radius 1 is 1.27 bits per heavy atom. The van der Waals surface area contributed by atoms with Crippen LogP contribution < -0.4 is 21.1 Å². The van der Waals surface area contributed by atoms with Crippen molar-refractivity contribution in [3.63, 3.8) is 0 Å². The van der Waals surface area contributed by atoms with Crippen LogP contribution in [-0.2, 0) is 0 Å². The zero-order valence-corrected chi connectivity index (χ0v) is 14.0. The Hall–Kier alpha value is -2.55. The lowest BCUT2D eigenvalue weighted by atomic mass is 10.2. The summed E-state index contributed by atoms with van der Waals surface area (Å²) >= 11 is 0. The summed E-state index contributed by atoms with van der Waals surface area (Å²) in [6.45, 7) is 1.27. The van der Waals surface area contributed by atoms with E-state index in [2.05, 4.69) is 25.3 Å². The first kappa shape index (κ1) is 18.2. The summed E-state index contributed by atoms with van der Waals surface area (Å²) in [4.78, 5) is 8.75. The van der Waals surface area contributed by atoms with Crippen LogP contribution in [0.3, 0.4) is 0 Å². The topological polar surface area (TPSA) is 85.1 Å². The van der Waals surface area contributed by atoms with Crippen LogP contribution in [0.2, 0.25) is 0 Å². The van der Waals surface area contributed by atoms with Crippen LogP contribution in [-0.4, -0.2) is 29.4 Å². The molecule has 0 aliphatic heterocycles. The molecule has 140 valence electrons. The Balaban J connectivity index is 1.75. The molecule has 0 radical (unpaired) electrons. The first-order valence-electron chi connectivity index (χ1n) is 8.38. The molecule has 1 saturated carbocycles. The second-order valence-corrected chi connectivity index (χ2v) is 6.04. The third-order valence-electron chi connectivity index (χ3n) is 3.83. The van der Waals surface area contributed by atoms with Crippen LogP contribution in [0.5, 0.6) is 5.75 Å². The number of aromatic nitrogens is 2. The highest BCUT2D eigenvalue weighted by atomic mass is 19.4. The van der Waals surface area contributed by atoms with Crippen LogP contribution in [0.15, 0.2) is 30.5 Å². The van der Waals surface area contributed by atoms with Crippen LogP contribution in [0.1, 0.15) is 30.7 Å². The molecule has 1 aromatic heterocycles. The highest BCUT2D eigenvalue weighted by Gasteiger charge is 2.31. The lowest BCUT2D eigenvalue weighted by molar-refractivity contribution is -0.274. The van der Waals surface area contributed by atoms with E-state index in [1.54, 1.807) is 12.3 Å². The highest BCUT2D eigenvalue weighted by molar-refractivity contribution is 5.58. The Morgan fingerprint density at radius 2 is 2.08 bits per heavy atom. The number of hydrogen-bond acceptors (Lipinski definition) is 6. The van der Waals surface area contributed by atoms with Crippen molar-refractivity contribution >= 4 is 17.5 Å². The van der Waals surface area contributed by atoms with E-state index < -0.39 is 6.36 Å². The minimum Gasteiger partial charge on any atom is -0.406 e. The summed E-state index contributed by atoms with van der Waals surface area (Å²) in [5.74, 6) is 1.20. The van der Waals surface area contributed by atoms with Crippen LogP contribution in [0.25, 0.3) is 0 Å². The molecule has 0 saturated heterocycles. The molecular formula is C17H20F3N5O. The maximum absolute atomic E-state index is 12.3. The smallest absolute Gasteiger partial charge is 0.406 e. The molecule has 3 rings (SSSR count). The van der Waals surface area contributed by atoms with Crippen LogP contribution in [0, 0.1) is 0 Å². The number of ether oxygens (including phenoxy) is 1. The number of nitrogens with one attached hydrogen (secondary N) is 2. The van der Waals surface area contributed by atoms with Crippen molar-refractivity contribution in [3.8, 4) is 5.75 Å². The van der Waals surface area contributed by atoms with Crippen molar-refractivity contribution in [1.29, 1.82) is 0 Å². The number of anilines is 3. The van der Waals surface area contributed by atoms with Crippen molar-refractivity contribution < 1.29 is 17.9 Å². The highest BCUT2D eigenvalue weighted by Crippen LogP contribution is 2.42. The number of nitrogens with zero attached hydrogens (tertiary/aromatic N) is 2. The summed E-state index contributed by atoms with van der Waals surface area (Å²) in [6, 6.07) is 5.55.